The Labute approximate surface area is 173 Å². The maximum Gasteiger partial charge on any atom is 0.345 e. The largest absolute Gasteiger partial charge is 0.496 e. The van der Waals surface area contributed by atoms with E-state index in [1.54, 1.807) is 0 Å². The fourth-order valence-electron chi connectivity index (χ4n) is 4.04. The van der Waals surface area contributed by atoms with E-state index in [9.17, 15) is 22.8 Å². The van der Waals surface area contributed by atoms with Crippen molar-refractivity contribution < 1.29 is 37.0 Å². The summed E-state index contributed by atoms with van der Waals surface area (Å²) in [4.78, 5) is 35.8. The van der Waals surface area contributed by atoms with Crippen LogP contribution >= 0.6 is 0 Å². The number of imide groups is 1. The van der Waals surface area contributed by atoms with E-state index < -0.39 is 39.4 Å². The van der Waals surface area contributed by atoms with Gasteiger partial charge < -0.3 is 19.5 Å². The van der Waals surface area contributed by atoms with Crippen LogP contribution in [0.25, 0.3) is 0 Å². The maximum absolute atomic E-state index is 13.0. The van der Waals surface area contributed by atoms with Crippen LogP contribution in [-0.4, -0.2) is 59.7 Å². The lowest BCUT2D eigenvalue weighted by atomic mass is 9.87. The van der Waals surface area contributed by atoms with Crippen LogP contribution < -0.4 is 24.8 Å². The summed E-state index contributed by atoms with van der Waals surface area (Å²) in [5, 5.41) is 4.85. The van der Waals surface area contributed by atoms with Gasteiger partial charge in [0.05, 0.1) is 21.3 Å². The van der Waals surface area contributed by atoms with Gasteiger partial charge in [0, 0.05) is 12.5 Å². The van der Waals surface area contributed by atoms with Crippen molar-refractivity contribution in [3.63, 3.8) is 0 Å². The fourth-order valence-corrected chi connectivity index (χ4v) is 5.29. The molecule has 1 aliphatic heterocycles. The second-order valence-electron chi connectivity index (χ2n) is 6.99. The summed E-state index contributed by atoms with van der Waals surface area (Å²) < 4.78 is 43.5. The van der Waals surface area contributed by atoms with Crippen molar-refractivity contribution in [3.05, 3.63) is 17.7 Å². The standard InChI is InChI=1S/C18H23N3O8S/c1-27-11-6-7-12(14(28-2)13(11)15(22)29-3)30(25,26)19-9-10-5-4-8-18(10)16(23)20-17(24)21-18/h6-7,10,19H,4-5,8-9H2,1-3H3,(H2,20,21,23,24). The Kier molecular flexibility index (Phi) is 5.90. The van der Waals surface area contributed by atoms with Gasteiger partial charge in [0.15, 0.2) is 5.75 Å². The molecule has 12 heteroatoms. The first-order valence-electron chi connectivity index (χ1n) is 9.16. The van der Waals surface area contributed by atoms with Gasteiger partial charge in [-0.25, -0.2) is 22.7 Å². The Morgan fingerprint density at radius 1 is 1.23 bits per heavy atom. The topological polar surface area (TPSA) is 149 Å². The van der Waals surface area contributed by atoms with E-state index in [2.05, 4.69) is 15.4 Å². The van der Waals surface area contributed by atoms with Crippen molar-refractivity contribution in [2.45, 2.75) is 29.7 Å². The number of nitrogens with one attached hydrogen (secondary N) is 3. The van der Waals surface area contributed by atoms with Gasteiger partial charge in [0.2, 0.25) is 10.0 Å². The Morgan fingerprint density at radius 3 is 2.53 bits per heavy atom. The second-order valence-corrected chi connectivity index (χ2v) is 8.72. The summed E-state index contributed by atoms with van der Waals surface area (Å²) in [6.45, 7) is -0.0845. The number of carbonyl (C=O) groups excluding carboxylic acids is 3. The third-order valence-electron chi connectivity index (χ3n) is 5.50. The number of esters is 1. The molecule has 1 heterocycles. The van der Waals surface area contributed by atoms with Crippen LogP contribution in [0.3, 0.4) is 0 Å². The van der Waals surface area contributed by atoms with Gasteiger partial charge in [0.1, 0.15) is 21.7 Å². The van der Waals surface area contributed by atoms with Crippen LogP contribution in [0.5, 0.6) is 11.5 Å². The number of amides is 3. The Morgan fingerprint density at radius 2 is 1.97 bits per heavy atom. The van der Waals surface area contributed by atoms with Crippen molar-refractivity contribution in [1.29, 1.82) is 0 Å². The zero-order valence-electron chi connectivity index (χ0n) is 16.7. The van der Waals surface area contributed by atoms with Crippen molar-refractivity contribution >= 4 is 27.9 Å². The SMILES string of the molecule is COC(=O)c1c(OC)ccc(S(=O)(=O)NCC2CCCC23NC(=O)NC3=O)c1OC. The molecule has 164 valence electrons. The Hall–Kier alpha value is -2.86. The van der Waals surface area contributed by atoms with Gasteiger partial charge in [-0.3, -0.25) is 10.1 Å². The molecule has 3 rings (SSSR count). The van der Waals surface area contributed by atoms with Gasteiger partial charge in [-0.1, -0.05) is 6.42 Å². The number of hydrogen-bond donors (Lipinski definition) is 3. The van der Waals surface area contributed by atoms with Crippen LogP contribution in [0.1, 0.15) is 29.6 Å². The number of carbonyl (C=O) groups is 3. The first kappa shape index (κ1) is 21.8. The summed E-state index contributed by atoms with van der Waals surface area (Å²) in [5.41, 5.74) is -1.29. The molecule has 0 radical (unpaired) electrons. The predicted molar refractivity (Wildman–Crippen MR) is 103 cm³/mol. The average molecular weight is 441 g/mol. The first-order chi connectivity index (χ1) is 14.2. The van der Waals surface area contributed by atoms with Crippen LogP contribution in [0.4, 0.5) is 4.79 Å². The zero-order valence-corrected chi connectivity index (χ0v) is 17.6. The van der Waals surface area contributed by atoms with E-state index in [0.717, 1.165) is 7.11 Å². The molecule has 30 heavy (non-hydrogen) atoms. The highest BCUT2D eigenvalue weighted by Crippen LogP contribution is 2.39. The van der Waals surface area contributed by atoms with E-state index in [1.807, 2.05) is 0 Å². The number of ether oxygens (including phenoxy) is 3. The molecule has 2 fully saturated rings. The van der Waals surface area contributed by atoms with E-state index in [4.69, 9.17) is 14.2 Å². The van der Waals surface area contributed by atoms with E-state index in [1.165, 1.54) is 26.4 Å². The van der Waals surface area contributed by atoms with Crippen LogP contribution in [0.15, 0.2) is 17.0 Å². The smallest absolute Gasteiger partial charge is 0.345 e. The third-order valence-corrected chi connectivity index (χ3v) is 6.94. The van der Waals surface area contributed by atoms with Crippen molar-refractivity contribution in [3.8, 4) is 11.5 Å². The lowest BCUT2D eigenvalue weighted by Gasteiger charge is -2.28. The second kappa shape index (κ2) is 8.11. The molecule has 2 aliphatic rings. The van der Waals surface area contributed by atoms with Gasteiger partial charge in [-0.05, 0) is 25.0 Å². The lowest BCUT2D eigenvalue weighted by molar-refractivity contribution is -0.125. The summed E-state index contributed by atoms with van der Waals surface area (Å²) in [5.74, 6) is -1.83. The zero-order chi connectivity index (χ0) is 22.1. The summed E-state index contributed by atoms with van der Waals surface area (Å²) in [6.07, 6.45) is 1.65. The molecule has 1 aromatic rings. The van der Waals surface area contributed by atoms with E-state index in [-0.39, 0.29) is 28.5 Å². The molecule has 3 amide bonds. The van der Waals surface area contributed by atoms with Crippen molar-refractivity contribution in [2.24, 2.45) is 5.92 Å². The quantitative estimate of drug-likeness (QED) is 0.400. The summed E-state index contributed by atoms with van der Waals surface area (Å²) in [7, 11) is -0.432. The summed E-state index contributed by atoms with van der Waals surface area (Å²) >= 11 is 0. The van der Waals surface area contributed by atoms with Crippen molar-refractivity contribution in [1.82, 2.24) is 15.4 Å². The number of methoxy groups -OCH3 is 3. The van der Waals surface area contributed by atoms with Crippen molar-refractivity contribution in [2.75, 3.05) is 27.9 Å². The Bertz CT molecular complexity index is 993. The molecule has 1 aromatic carbocycles. The number of urea groups is 1. The molecular formula is C18H23N3O8S. The molecule has 2 atom stereocenters. The maximum atomic E-state index is 13.0. The van der Waals surface area contributed by atoms with E-state index in [0.29, 0.717) is 19.3 Å². The number of benzene rings is 1. The van der Waals surface area contributed by atoms with Gasteiger partial charge in [-0.2, -0.15) is 0 Å². The monoisotopic (exact) mass is 441 g/mol. The fraction of sp³-hybridized carbons (Fsp3) is 0.500. The minimum absolute atomic E-state index is 0.0845. The van der Waals surface area contributed by atoms with Crippen LogP contribution in [0, 0.1) is 5.92 Å². The highest BCUT2D eigenvalue weighted by atomic mass is 32.2. The molecule has 1 saturated carbocycles. The number of rotatable bonds is 7. The van der Waals surface area contributed by atoms with Gasteiger partial charge in [-0.15, -0.1) is 0 Å². The third kappa shape index (κ3) is 3.56. The minimum Gasteiger partial charge on any atom is -0.496 e. The highest BCUT2D eigenvalue weighted by molar-refractivity contribution is 7.89. The molecule has 11 nitrogen and oxygen atoms in total. The molecule has 2 unspecified atom stereocenters. The molecule has 1 aliphatic carbocycles. The molecule has 3 N–H and O–H groups in total. The average Bonchev–Trinajstić information content (AvgIpc) is 3.26. The van der Waals surface area contributed by atoms with Crippen LogP contribution in [-0.2, 0) is 19.6 Å². The predicted octanol–water partition coefficient (Wildman–Crippen LogP) is 0.147. The Balaban J connectivity index is 1.90. The molecule has 0 aromatic heterocycles. The minimum atomic E-state index is -4.14. The lowest BCUT2D eigenvalue weighted by Crippen LogP contribution is -2.53. The molecule has 1 saturated heterocycles. The highest BCUT2D eigenvalue weighted by Gasteiger charge is 2.54. The van der Waals surface area contributed by atoms with Gasteiger partial charge in [0.25, 0.3) is 5.91 Å². The van der Waals surface area contributed by atoms with E-state index >= 15 is 0 Å². The summed E-state index contributed by atoms with van der Waals surface area (Å²) in [6, 6.07) is 1.99. The molecule has 0 bridgehead atoms. The number of sulfonamides is 1. The van der Waals surface area contributed by atoms with Crippen LogP contribution in [0.2, 0.25) is 0 Å². The first-order valence-corrected chi connectivity index (χ1v) is 10.6. The van der Waals surface area contributed by atoms with Gasteiger partial charge >= 0.3 is 12.0 Å². The number of hydrogen-bond acceptors (Lipinski definition) is 8. The molecule has 1 spiro atoms. The molecular weight excluding hydrogens is 418 g/mol. The normalized spacial score (nSPS) is 23.2.